The van der Waals surface area contributed by atoms with Crippen LogP contribution in [0.2, 0.25) is 0 Å². The number of amides is 1. The van der Waals surface area contributed by atoms with Gasteiger partial charge in [0.05, 0.1) is 12.1 Å². The molecule has 1 unspecified atom stereocenters. The van der Waals surface area contributed by atoms with E-state index >= 15 is 0 Å². The molecule has 0 saturated carbocycles. The number of anilines is 1. The smallest absolute Gasteiger partial charge is 0.347 e. The standard InChI is InChI=1S/C22H16BrNO5/c1-2-9-24-17-8-7-14(23)11-16(17)22(28,21(24)27)12-18(25)15-10-13-5-3-4-6-19(13)29-20(15)26/h2-8,10-11,28H,1,9,12H2. The van der Waals surface area contributed by atoms with Crippen LogP contribution in [0, 0.1) is 0 Å². The predicted octanol–water partition coefficient (Wildman–Crippen LogP) is 3.55. The molecule has 1 aliphatic heterocycles. The summed E-state index contributed by atoms with van der Waals surface area (Å²) in [6.07, 6.45) is 0.960. The van der Waals surface area contributed by atoms with Gasteiger partial charge in [0.1, 0.15) is 11.1 Å². The summed E-state index contributed by atoms with van der Waals surface area (Å²) in [7, 11) is 0. The van der Waals surface area contributed by atoms with E-state index in [0.717, 1.165) is 0 Å². The monoisotopic (exact) mass is 453 g/mol. The quantitative estimate of drug-likeness (QED) is 0.362. The number of rotatable bonds is 5. The average molecular weight is 454 g/mol. The summed E-state index contributed by atoms with van der Waals surface area (Å²) in [5.41, 5.74) is -1.94. The van der Waals surface area contributed by atoms with Crippen LogP contribution in [0.1, 0.15) is 22.3 Å². The minimum atomic E-state index is -2.09. The third kappa shape index (κ3) is 3.12. The first-order valence-electron chi connectivity index (χ1n) is 8.86. The number of carbonyl (C=O) groups excluding carboxylic acids is 2. The van der Waals surface area contributed by atoms with Crippen LogP contribution < -0.4 is 10.5 Å². The molecule has 0 radical (unpaired) electrons. The average Bonchev–Trinajstić information content (AvgIpc) is 2.89. The van der Waals surface area contributed by atoms with Crippen molar-refractivity contribution in [1.29, 1.82) is 0 Å². The molecule has 0 bridgehead atoms. The molecule has 1 atom stereocenters. The van der Waals surface area contributed by atoms with E-state index in [1.807, 2.05) is 0 Å². The van der Waals surface area contributed by atoms with Gasteiger partial charge in [0.25, 0.3) is 5.91 Å². The lowest BCUT2D eigenvalue weighted by molar-refractivity contribution is -0.135. The van der Waals surface area contributed by atoms with Crippen molar-refractivity contribution in [2.45, 2.75) is 12.0 Å². The SMILES string of the molecule is C=CCN1C(=O)C(O)(CC(=O)c2cc3ccccc3oc2=O)c2cc(Br)ccc21. The van der Waals surface area contributed by atoms with Crippen LogP contribution in [0.4, 0.5) is 5.69 Å². The molecule has 3 aromatic rings. The molecule has 0 aliphatic carbocycles. The Labute approximate surface area is 174 Å². The minimum absolute atomic E-state index is 0.183. The van der Waals surface area contributed by atoms with Gasteiger partial charge in [-0.15, -0.1) is 6.58 Å². The fourth-order valence-corrected chi connectivity index (χ4v) is 3.95. The Morgan fingerprint density at radius 1 is 1.21 bits per heavy atom. The van der Waals surface area contributed by atoms with Crippen LogP contribution >= 0.6 is 15.9 Å². The summed E-state index contributed by atoms with van der Waals surface area (Å²) in [6.45, 7) is 3.82. The van der Waals surface area contributed by atoms with E-state index < -0.39 is 29.3 Å². The molecule has 7 heteroatoms. The fraction of sp³-hybridized carbons (Fsp3) is 0.136. The lowest BCUT2D eigenvalue weighted by Gasteiger charge is -2.22. The zero-order chi connectivity index (χ0) is 20.8. The van der Waals surface area contributed by atoms with Gasteiger partial charge in [0.15, 0.2) is 11.4 Å². The first-order chi connectivity index (χ1) is 13.8. The second-order valence-electron chi connectivity index (χ2n) is 6.81. The first-order valence-corrected chi connectivity index (χ1v) is 9.66. The highest BCUT2D eigenvalue weighted by molar-refractivity contribution is 9.10. The van der Waals surface area contributed by atoms with E-state index in [1.165, 1.54) is 17.0 Å². The van der Waals surface area contributed by atoms with Gasteiger partial charge in [-0.1, -0.05) is 40.2 Å². The highest BCUT2D eigenvalue weighted by Gasteiger charge is 2.51. The van der Waals surface area contributed by atoms with Crippen molar-refractivity contribution in [3.8, 4) is 0 Å². The van der Waals surface area contributed by atoms with Gasteiger partial charge in [-0.25, -0.2) is 4.79 Å². The van der Waals surface area contributed by atoms with Crippen LogP contribution in [0.15, 0.2) is 74.9 Å². The Kier molecular flexibility index (Phi) is 4.72. The molecule has 4 rings (SSSR count). The summed E-state index contributed by atoms with van der Waals surface area (Å²) in [6, 6.07) is 13.3. The number of nitrogens with zero attached hydrogens (tertiary/aromatic N) is 1. The van der Waals surface area contributed by atoms with E-state index in [4.69, 9.17) is 4.42 Å². The lowest BCUT2D eigenvalue weighted by atomic mass is 9.88. The molecule has 1 aromatic heterocycles. The number of hydrogen-bond acceptors (Lipinski definition) is 5. The van der Waals surface area contributed by atoms with Gasteiger partial charge >= 0.3 is 5.63 Å². The molecule has 2 aromatic carbocycles. The van der Waals surface area contributed by atoms with E-state index in [2.05, 4.69) is 22.5 Å². The molecule has 0 saturated heterocycles. The maximum Gasteiger partial charge on any atom is 0.347 e. The number of para-hydroxylation sites is 1. The molecule has 1 amide bonds. The maximum absolute atomic E-state index is 13.0. The molecular weight excluding hydrogens is 438 g/mol. The van der Waals surface area contributed by atoms with Gasteiger partial charge in [-0.2, -0.15) is 0 Å². The van der Waals surface area contributed by atoms with Crippen molar-refractivity contribution in [3.63, 3.8) is 0 Å². The van der Waals surface area contributed by atoms with Crippen molar-refractivity contribution >= 4 is 44.3 Å². The van der Waals surface area contributed by atoms with Crippen molar-refractivity contribution in [2.75, 3.05) is 11.4 Å². The summed E-state index contributed by atoms with van der Waals surface area (Å²) in [4.78, 5) is 39.6. The Bertz CT molecular complexity index is 1230. The zero-order valence-electron chi connectivity index (χ0n) is 15.2. The summed E-state index contributed by atoms with van der Waals surface area (Å²) in [5, 5.41) is 11.8. The summed E-state index contributed by atoms with van der Waals surface area (Å²) < 4.78 is 5.87. The lowest BCUT2D eigenvalue weighted by Crippen LogP contribution is -2.42. The molecule has 146 valence electrons. The van der Waals surface area contributed by atoms with E-state index in [-0.39, 0.29) is 12.1 Å². The number of carbonyl (C=O) groups is 2. The number of hydrogen-bond donors (Lipinski definition) is 1. The zero-order valence-corrected chi connectivity index (χ0v) is 16.8. The largest absolute Gasteiger partial charge is 0.422 e. The van der Waals surface area contributed by atoms with Crippen LogP contribution in [0.5, 0.6) is 0 Å². The third-order valence-corrected chi connectivity index (χ3v) is 5.46. The molecule has 6 nitrogen and oxygen atoms in total. The number of aliphatic hydroxyl groups is 1. The van der Waals surface area contributed by atoms with Gasteiger partial charge in [-0.3, -0.25) is 9.59 Å². The number of halogens is 1. The summed E-state index contributed by atoms with van der Waals surface area (Å²) >= 11 is 3.33. The second kappa shape index (κ2) is 7.09. The van der Waals surface area contributed by atoms with Crippen LogP contribution in [0.3, 0.4) is 0 Å². The third-order valence-electron chi connectivity index (χ3n) is 4.96. The predicted molar refractivity (Wildman–Crippen MR) is 112 cm³/mol. The van der Waals surface area contributed by atoms with Gasteiger partial charge in [-0.05, 0) is 30.3 Å². The highest BCUT2D eigenvalue weighted by Crippen LogP contribution is 2.44. The molecule has 29 heavy (non-hydrogen) atoms. The van der Waals surface area contributed by atoms with Crippen LogP contribution in [-0.4, -0.2) is 23.3 Å². The van der Waals surface area contributed by atoms with Crippen LogP contribution in [0.25, 0.3) is 11.0 Å². The van der Waals surface area contributed by atoms with Gasteiger partial charge in [0.2, 0.25) is 0 Å². The molecular formula is C22H16BrNO5. The summed E-state index contributed by atoms with van der Waals surface area (Å²) in [5.74, 6) is -1.31. The first kappa shape index (κ1) is 19.3. The topological polar surface area (TPSA) is 87.8 Å². The van der Waals surface area contributed by atoms with Gasteiger partial charge in [0, 0.05) is 22.0 Å². The van der Waals surface area contributed by atoms with Crippen molar-refractivity contribution in [1.82, 2.24) is 0 Å². The minimum Gasteiger partial charge on any atom is -0.422 e. The van der Waals surface area contributed by atoms with Gasteiger partial charge < -0.3 is 14.4 Å². The van der Waals surface area contributed by atoms with Crippen molar-refractivity contribution in [2.24, 2.45) is 0 Å². The van der Waals surface area contributed by atoms with E-state index in [0.29, 0.717) is 26.7 Å². The fourth-order valence-electron chi connectivity index (χ4n) is 3.59. The van der Waals surface area contributed by atoms with Crippen molar-refractivity contribution < 1.29 is 19.1 Å². The number of benzene rings is 2. The second-order valence-corrected chi connectivity index (χ2v) is 7.73. The molecule has 0 fully saturated rings. The number of fused-ring (bicyclic) bond motifs is 2. The van der Waals surface area contributed by atoms with Crippen LogP contribution in [-0.2, 0) is 10.4 Å². The number of Topliss-reactive ketones (excluding diaryl/α,β-unsaturated/α-hetero) is 1. The Hall–Kier alpha value is -3.03. The highest BCUT2D eigenvalue weighted by atomic mass is 79.9. The number of ketones is 1. The Morgan fingerprint density at radius 2 is 1.97 bits per heavy atom. The molecule has 2 heterocycles. The molecule has 0 spiro atoms. The van der Waals surface area contributed by atoms with E-state index in [1.54, 1.807) is 42.5 Å². The van der Waals surface area contributed by atoms with E-state index in [9.17, 15) is 19.5 Å². The Balaban J connectivity index is 1.77. The molecule has 1 aliphatic rings. The normalized spacial score (nSPS) is 18.1. The molecule has 1 N–H and O–H groups in total. The Morgan fingerprint density at radius 3 is 2.72 bits per heavy atom. The maximum atomic E-state index is 13.0. The van der Waals surface area contributed by atoms with Crippen molar-refractivity contribution in [3.05, 3.63) is 87.2 Å².